The summed E-state index contributed by atoms with van der Waals surface area (Å²) >= 11 is 17.3. The van der Waals surface area contributed by atoms with E-state index < -0.39 is 0 Å². The molecule has 2 saturated carbocycles. The minimum atomic E-state index is 0.355. The molecule has 0 saturated heterocycles. The van der Waals surface area contributed by atoms with E-state index in [2.05, 4.69) is 22.3 Å². The molecule has 29 heavy (non-hydrogen) atoms. The number of nitrogens with zero attached hydrogens (tertiary/aromatic N) is 2. The first-order valence-electron chi connectivity index (χ1n) is 10.3. The Morgan fingerprint density at radius 1 is 1.10 bits per heavy atom. The second-order valence-corrected chi connectivity index (χ2v) is 9.27. The summed E-state index contributed by atoms with van der Waals surface area (Å²) in [5.41, 5.74) is 8.06. The number of hydrogen-bond donors (Lipinski definition) is 1. The van der Waals surface area contributed by atoms with Crippen molar-refractivity contribution in [1.29, 1.82) is 0 Å². The van der Waals surface area contributed by atoms with E-state index >= 15 is 0 Å². The molecule has 1 aromatic rings. The fourth-order valence-corrected chi connectivity index (χ4v) is 5.69. The molecule has 0 heterocycles. The van der Waals surface area contributed by atoms with Gasteiger partial charge >= 0.3 is 22.4 Å². The minimum absolute atomic E-state index is 0.355. The molecule has 2 N–H and O–H groups in total. The quantitative estimate of drug-likeness (QED) is 0.365. The zero-order chi connectivity index (χ0) is 21.2. The van der Waals surface area contributed by atoms with Crippen LogP contribution in [0.5, 0.6) is 0 Å². The molecule has 8 heteroatoms. The van der Waals surface area contributed by atoms with Crippen LogP contribution in [0, 0.1) is 17.8 Å². The summed E-state index contributed by atoms with van der Waals surface area (Å²) in [6.45, 7) is 4.63. The number of nitrogens with two attached hydrogens (primary N) is 1. The maximum absolute atomic E-state index is 8.22. The van der Waals surface area contributed by atoms with Crippen molar-refractivity contribution in [3.8, 4) is 0 Å². The van der Waals surface area contributed by atoms with E-state index in [1.807, 2.05) is 12.1 Å². The Hall–Kier alpha value is 0.539. The van der Waals surface area contributed by atoms with E-state index in [9.17, 15) is 0 Å². The summed E-state index contributed by atoms with van der Waals surface area (Å²) in [6, 6.07) is 8.84. The number of hydrogen-bond acceptors (Lipinski definition) is 5. The molecular weight excluding hydrogens is 508 g/mol. The van der Waals surface area contributed by atoms with Gasteiger partial charge in [0, 0.05) is 17.6 Å². The number of rotatable bonds is 10. The number of fused-ring (bicyclic) bond motifs is 2. The van der Waals surface area contributed by atoms with Crippen molar-refractivity contribution >= 4 is 36.9 Å². The Bertz CT molecular complexity index is 598. The molecule has 2 fully saturated rings. The normalized spacial score (nSPS) is 28.3. The fraction of sp³-hybridized carbons (Fsp3) is 0.714. The van der Waals surface area contributed by atoms with Crippen LogP contribution in [0.3, 0.4) is 0 Å². The van der Waals surface area contributed by atoms with Crippen molar-refractivity contribution in [1.82, 2.24) is 4.90 Å². The van der Waals surface area contributed by atoms with Crippen LogP contribution in [-0.4, -0.2) is 55.2 Å². The Kier molecular flexibility index (Phi) is 12.3. The molecule has 0 aliphatic heterocycles. The van der Waals surface area contributed by atoms with Crippen molar-refractivity contribution in [3.63, 3.8) is 0 Å². The van der Waals surface area contributed by atoms with Gasteiger partial charge in [-0.3, -0.25) is 0 Å². The zero-order valence-electron chi connectivity index (χ0n) is 16.7. The van der Waals surface area contributed by atoms with E-state index in [-0.39, 0.29) is 0 Å². The summed E-state index contributed by atoms with van der Waals surface area (Å²) in [4.78, 5) is 2.51. The molecule has 2 bridgehead atoms. The van der Waals surface area contributed by atoms with Crippen LogP contribution in [0.1, 0.15) is 30.7 Å². The monoisotopic (exact) mass is 537 g/mol. The van der Waals surface area contributed by atoms with Gasteiger partial charge in [0.05, 0.1) is 0 Å². The number of benzene rings is 1. The van der Waals surface area contributed by atoms with E-state index in [0.717, 1.165) is 62.4 Å². The molecule has 0 spiro atoms. The predicted molar refractivity (Wildman–Crippen MR) is 121 cm³/mol. The van der Waals surface area contributed by atoms with Crippen molar-refractivity contribution in [3.05, 3.63) is 40.2 Å². The van der Waals surface area contributed by atoms with Crippen molar-refractivity contribution in [2.45, 2.75) is 31.2 Å². The maximum atomic E-state index is 8.22. The van der Waals surface area contributed by atoms with E-state index in [1.54, 1.807) is 0 Å². The van der Waals surface area contributed by atoms with Crippen LogP contribution in [0.15, 0.2) is 24.3 Å². The number of halogens is 1. The molecule has 0 aromatic heterocycles. The molecule has 2 unspecified atom stereocenters. The molecule has 2 aliphatic rings. The molecule has 0 radical (unpaired) electrons. The second kappa shape index (κ2) is 13.8. The van der Waals surface area contributed by atoms with Crippen LogP contribution < -0.4 is 5.73 Å². The first-order valence-corrected chi connectivity index (χ1v) is 12.6. The standard InChI is InChI=1S/C21H33ClN3S2.O.Tc/c22-17-4-1-15(2-5-17)19-13-16-3-6-18(21(16)23)20(19)14-25(10-12-27)9-7-24-8-11-26;;/h1-2,4-5,16,18-21,26-27H,3,6-14,23H2;;/q-1;;+4/p-2/t16-,18?,19-,20?,21+;;/m1../s1. The van der Waals surface area contributed by atoms with Crippen molar-refractivity contribution in [2.24, 2.45) is 23.5 Å². The van der Waals surface area contributed by atoms with Gasteiger partial charge in [-0.25, -0.2) is 0 Å². The van der Waals surface area contributed by atoms with Gasteiger partial charge in [0.15, 0.2) is 0 Å². The SMILES string of the molecule is N[C@@H]1C2CC[C@@H]1C[C@H](c1ccc(Cl)cc1)C2CN(CC[S-])CC[N-]CC[S-].[O]=[Tc+4]. The first kappa shape index (κ1) is 25.8. The molecule has 4 nitrogen and oxygen atoms in total. The Morgan fingerprint density at radius 3 is 2.48 bits per heavy atom. The Morgan fingerprint density at radius 2 is 1.83 bits per heavy atom. The van der Waals surface area contributed by atoms with Gasteiger partial charge in [0.2, 0.25) is 0 Å². The van der Waals surface area contributed by atoms with E-state index in [1.165, 1.54) is 24.8 Å². The van der Waals surface area contributed by atoms with Gasteiger partial charge in [0.1, 0.15) is 0 Å². The van der Waals surface area contributed by atoms with Gasteiger partial charge < -0.3 is 41.2 Å². The molecule has 0 amide bonds. The topological polar surface area (TPSA) is 60.4 Å². The first-order chi connectivity index (χ1) is 14.1. The summed E-state index contributed by atoms with van der Waals surface area (Å²) in [6.07, 6.45) is 3.75. The van der Waals surface area contributed by atoms with E-state index in [4.69, 9.17) is 46.1 Å². The third-order valence-electron chi connectivity index (χ3n) is 6.53. The van der Waals surface area contributed by atoms with Crippen LogP contribution in [0.25, 0.3) is 5.32 Å². The van der Waals surface area contributed by atoms with Crippen LogP contribution in [0.4, 0.5) is 0 Å². The predicted octanol–water partition coefficient (Wildman–Crippen LogP) is 3.45. The summed E-state index contributed by atoms with van der Waals surface area (Å²) in [7, 11) is 0. The average molecular weight is 539 g/mol. The third kappa shape index (κ3) is 7.28. The molecule has 1 aromatic carbocycles. The Labute approximate surface area is 202 Å². The molecule has 2 aliphatic carbocycles. The molecule has 161 valence electrons. The molecule has 3 rings (SSSR count). The fourth-order valence-electron chi connectivity index (χ4n) is 5.18. The molecule has 5 atom stereocenters. The summed E-state index contributed by atoms with van der Waals surface area (Å²) < 4.78 is 8.22. The van der Waals surface area contributed by atoms with E-state index in [0.29, 0.717) is 35.5 Å². The molecular formula is C21H31ClN3OS2Tc+. The summed E-state index contributed by atoms with van der Waals surface area (Å²) in [5, 5.41) is 5.34. The van der Waals surface area contributed by atoms with Crippen LogP contribution in [0.2, 0.25) is 5.02 Å². The van der Waals surface area contributed by atoms with Crippen molar-refractivity contribution < 1.29 is 22.4 Å². The third-order valence-corrected chi connectivity index (χ3v) is 7.15. The van der Waals surface area contributed by atoms with Crippen LogP contribution >= 0.6 is 11.6 Å². The average Bonchev–Trinajstić information content (AvgIpc) is 2.98. The zero-order valence-corrected chi connectivity index (χ0v) is 21.0. The summed E-state index contributed by atoms with van der Waals surface area (Å²) in [5.74, 6) is 3.90. The van der Waals surface area contributed by atoms with Gasteiger partial charge in [-0.05, 0) is 73.7 Å². The van der Waals surface area contributed by atoms with Crippen LogP contribution in [-0.2, 0) is 47.6 Å². The Balaban J connectivity index is 0.00000145. The second-order valence-electron chi connectivity index (χ2n) is 8.02. The van der Waals surface area contributed by atoms with Gasteiger partial charge in [-0.2, -0.15) is 18.1 Å². The van der Waals surface area contributed by atoms with Gasteiger partial charge in [-0.15, -0.1) is 6.54 Å². The van der Waals surface area contributed by atoms with Crippen molar-refractivity contribution in [2.75, 3.05) is 44.2 Å². The van der Waals surface area contributed by atoms with Gasteiger partial charge in [0.25, 0.3) is 0 Å². The van der Waals surface area contributed by atoms with Gasteiger partial charge in [-0.1, -0.05) is 23.7 Å².